The van der Waals surface area contributed by atoms with Gasteiger partial charge < -0.3 is 28.7 Å². The number of carbonyl (C=O) groups excluding carboxylic acids is 1. The maximum Gasteiger partial charge on any atom is 0.258 e. The maximum atomic E-state index is 14.6. The van der Waals surface area contributed by atoms with Gasteiger partial charge in [0, 0.05) is 87.3 Å². The van der Waals surface area contributed by atoms with Crippen molar-refractivity contribution in [2.45, 2.75) is 70.7 Å². The SMILES string of the molecule is CC(C)N(C(=O)c1cc(F)ccc1Oc1cncnc1N1CCC(Oc2ccnc3c2CN(C)CC3)CC1)C1CCP(C)(=O)CC1. The number of fused-ring (bicyclic) bond motifs is 1. The van der Waals surface area contributed by atoms with E-state index >= 15 is 0 Å². The molecule has 0 N–H and O–H groups in total. The first-order valence-corrected chi connectivity index (χ1v) is 18.8. The van der Waals surface area contributed by atoms with E-state index in [0.717, 1.165) is 43.8 Å². The Morgan fingerprint density at radius 3 is 2.54 bits per heavy atom. The van der Waals surface area contributed by atoms with E-state index in [4.69, 9.17) is 9.47 Å². The lowest BCUT2D eigenvalue weighted by molar-refractivity contribution is 0.0589. The van der Waals surface area contributed by atoms with Gasteiger partial charge in [-0.25, -0.2) is 14.4 Å². The molecule has 0 radical (unpaired) electrons. The second-order valence-corrected chi connectivity index (χ2v) is 16.7. The largest absolute Gasteiger partial charge is 0.490 e. The van der Waals surface area contributed by atoms with Gasteiger partial charge in [-0.15, -0.1) is 0 Å². The predicted molar refractivity (Wildman–Crippen MR) is 176 cm³/mol. The number of pyridine rings is 1. The van der Waals surface area contributed by atoms with Crippen molar-refractivity contribution in [3.63, 3.8) is 0 Å². The third kappa shape index (κ3) is 7.20. The Hall–Kier alpha value is -3.56. The minimum Gasteiger partial charge on any atom is -0.490 e. The molecule has 3 aliphatic rings. The van der Waals surface area contributed by atoms with E-state index in [1.54, 1.807) is 11.1 Å². The van der Waals surface area contributed by atoms with Crippen LogP contribution in [0.15, 0.2) is 43.0 Å². The Balaban J connectivity index is 1.17. The Morgan fingerprint density at radius 1 is 1.04 bits per heavy atom. The predicted octanol–water partition coefficient (Wildman–Crippen LogP) is 5.84. The van der Waals surface area contributed by atoms with Gasteiger partial charge in [0.25, 0.3) is 5.91 Å². The Morgan fingerprint density at radius 2 is 1.80 bits per heavy atom. The van der Waals surface area contributed by atoms with E-state index in [0.29, 0.717) is 49.8 Å². The molecule has 5 heterocycles. The standard InChI is InChI=1S/C34H44FN6O4P/c1-23(2)41(25-11-17-46(4,43)18-12-25)34(42)27-19-24(35)5-6-30(27)45-32-20-36-22-38-33(32)40-15-8-26(9-16-40)44-31-7-13-37-29-10-14-39(3)21-28(29)31/h5-7,13,19-20,22-23,25-26H,8-12,14-18,21H2,1-4H3. The molecule has 1 amide bonds. The summed E-state index contributed by atoms with van der Waals surface area (Å²) in [6.07, 6.45) is 10.0. The zero-order chi connectivity index (χ0) is 32.4. The van der Waals surface area contributed by atoms with Crippen molar-refractivity contribution in [3.05, 3.63) is 65.6 Å². The second kappa shape index (κ2) is 13.7. The highest BCUT2D eigenvalue weighted by atomic mass is 31.2. The fraction of sp³-hybridized carbons (Fsp3) is 0.529. The fourth-order valence-electron chi connectivity index (χ4n) is 6.86. The average molecular weight is 651 g/mol. The summed E-state index contributed by atoms with van der Waals surface area (Å²) in [5.74, 6) is 1.36. The summed E-state index contributed by atoms with van der Waals surface area (Å²) in [5, 5.41) is 0. The molecule has 6 rings (SSSR count). The highest BCUT2D eigenvalue weighted by Gasteiger charge is 2.35. The number of hydrogen-bond acceptors (Lipinski definition) is 9. The molecule has 46 heavy (non-hydrogen) atoms. The molecule has 2 aromatic heterocycles. The number of piperidine rings is 1. The molecular weight excluding hydrogens is 606 g/mol. The topological polar surface area (TPSA) is 101 Å². The smallest absolute Gasteiger partial charge is 0.258 e. The van der Waals surface area contributed by atoms with Crippen molar-refractivity contribution in [2.24, 2.45) is 0 Å². The first-order valence-electron chi connectivity index (χ1n) is 16.3. The van der Waals surface area contributed by atoms with Crippen molar-refractivity contribution in [1.29, 1.82) is 0 Å². The van der Waals surface area contributed by atoms with Crippen molar-refractivity contribution >= 4 is 18.9 Å². The van der Waals surface area contributed by atoms with Crippen molar-refractivity contribution in [1.82, 2.24) is 24.8 Å². The van der Waals surface area contributed by atoms with Gasteiger partial charge in [-0.05, 0) is 64.7 Å². The zero-order valence-corrected chi connectivity index (χ0v) is 28.1. The first kappa shape index (κ1) is 32.4. The van der Waals surface area contributed by atoms with Crippen LogP contribution < -0.4 is 14.4 Å². The molecule has 0 saturated carbocycles. The summed E-state index contributed by atoms with van der Waals surface area (Å²) in [5.41, 5.74) is 2.45. The summed E-state index contributed by atoms with van der Waals surface area (Å²) < 4.78 is 40.1. The fourth-order valence-corrected chi connectivity index (χ4v) is 8.77. The Kier molecular flexibility index (Phi) is 9.62. The van der Waals surface area contributed by atoms with Gasteiger partial charge in [0.1, 0.15) is 29.7 Å². The summed E-state index contributed by atoms with van der Waals surface area (Å²) in [6.45, 7) is 8.98. The van der Waals surface area contributed by atoms with Crippen LogP contribution in [0, 0.1) is 5.82 Å². The molecule has 0 bridgehead atoms. The third-order valence-corrected chi connectivity index (χ3v) is 11.8. The van der Waals surface area contributed by atoms with Crippen LogP contribution in [0.2, 0.25) is 0 Å². The number of ether oxygens (including phenoxy) is 2. The molecule has 0 spiro atoms. The number of halogens is 1. The Labute approximate surface area is 270 Å². The number of anilines is 1. The number of hydrogen-bond donors (Lipinski definition) is 0. The van der Waals surface area contributed by atoms with E-state index in [-0.39, 0.29) is 35.4 Å². The highest BCUT2D eigenvalue weighted by Crippen LogP contribution is 2.47. The number of rotatable bonds is 8. The van der Waals surface area contributed by atoms with E-state index in [9.17, 15) is 13.8 Å². The van der Waals surface area contributed by atoms with E-state index in [1.165, 1.54) is 30.1 Å². The monoisotopic (exact) mass is 650 g/mol. The molecule has 0 unspecified atom stereocenters. The van der Waals surface area contributed by atoms with Crippen LogP contribution in [0.1, 0.15) is 61.1 Å². The van der Waals surface area contributed by atoms with E-state index in [1.807, 2.05) is 32.8 Å². The molecule has 0 atom stereocenters. The van der Waals surface area contributed by atoms with Gasteiger partial charge in [0.2, 0.25) is 0 Å². The van der Waals surface area contributed by atoms with Crippen molar-refractivity contribution in [3.8, 4) is 17.2 Å². The summed E-state index contributed by atoms with van der Waals surface area (Å²) in [4.78, 5) is 33.6. The lowest BCUT2D eigenvalue weighted by Crippen LogP contribution is -2.47. The molecule has 12 heteroatoms. The number of carbonyl (C=O) groups is 1. The minimum absolute atomic E-state index is 0.0610. The van der Waals surface area contributed by atoms with Gasteiger partial charge >= 0.3 is 0 Å². The molecule has 3 aromatic rings. The van der Waals surface area contributed by atoms with Gasteiger partial charge in [0.05, 0.1) is 18.9 Å². The highest BCUT2D eigenvalue weighted by molar-refractivity contribution is 7.63. The van der Waals surface area contributed by atoms with Crippen LogP contribution in [0.3, 0.4) is 0 Å². The quantitative estimate of drug-likeness (QED) is 0.278. The van der Waals surface area contributed by atoms with Crippen LogP contribution in [0.4, 0.5) is 10.2 Å². The number of aromatic nitrogens is 3. The van der Waals surface area contributed by atoms with Crippen LogP contribution in [-0.2, 0) is 17.5 Å². The van der Waals surface area contributed by atoms with Crippen LogP contribution >= 0.6 is 7.14 Å². The maximum absolute atomic E-state index is 14.6. The zero-order valence-electron chi connectivity index (χ0n) is 27.2. The van der Waals surface area contributed by atoms with Crippen LogP contribution in [0.5, 0.6) is 17.2 Å². The van der Waals surface area contributed by atoms with Crippen molar-refractivity contribution < 1.29 is 23.2 Å². The minimum atomic E-state index is -2.16. The molecular formula is C34H44FN6O4P. The molecule has 2 saturated heterocycles. The summed E-state index contributed by atoms with van der Waals surface area (Å²) >= 11 is 0. The number of benzene rings is 1. The third-order valence-electron chi connectivity index (χ3n) is 9.40. The molecule has 3 aliphatic heterocycles. The molecule has 2 fully saturated rings. The molecule has 10 nitrogen and oxygen atoms in total. The average Bonchev–Trinajstić information content (AvgIpc) is 3.03. The van der Waals surface area contributed by atoms with Crippen LogP contribution in [-0.4, -0.2) is 94.5 Å². The molecule has 246 valence electrons. The van der Waals surface area contributed by atoms with Gasteiger partial charge in [0.15, 0.2) is 11.6 Å². The van der Waals surface area contributed by atoms with Crippen molar-refractivity contribution in [2.75, 3.05) is 50.6 Å². The molecule has 1 aromatic carbocycles. The number of likely N-dealkylation sites (N-methyl/N-ethyl adjacent to an activating group) is 1. The van der Waals surface area contributed by atoms with Gasteiger partial charge in [-0.2, -0.15) is 0 Å². The first-order chi connectivity index (χ1) is 22.1. The second-order valence-electron chi connectivity index (χ2n) is 13.3. The normalized spacial score (nSPS) is 22.4. The van der Waals surface area contributed by atoms with Crippen LogP contribution in [0.25, 0.3) is 0 Å². The summed E-state index contributed by atoms with van der Waals surface area (Å²) in [7, 11) is -0.0433. The lowest BCUT2D eigenvalue weighted by Gasteiger charge is -2.39. The lowest BCUT2D eigenvalue weighted by atomic mass is 10.0. The number of amides is 1. The van der Waals surface area contributed by atoms with E-state index in [2.05, 4.69) is 31.8 Å². The van der Waals surface area contributed by atoms with E-state index < -0.39 is 13.0 Å². The summed E-state index contributed by atoms with van der Waals surface area (Å²) in [6, 6.07) is 5.80. The number of nitrogens with zero attached hydrogens (tertiary/aromatic N) is 6. The van der Waals surface area contributed by atoms with Gasteiger partial charge in [-0.1, -0.05) is 0 Å². The van der Waals surface area contributed by atoms with Gasteiger partial charge in [-0.3, -0.25) is 9.78 Å². The molecule has 0 aliphatic carbocycles. The Bertz CT molecular complexity index is 1600.